The summed E-state index contributed by atoms with van der Waals surface area (Å²) in [5, 5.41) is 3.75. The third-order valence-electron chi connectivity index (χ3n) is 5.63. The summed E-state index contributed by atoms with van der Waals surface area (Å²) in [6.07, 6.45) is 6.15. The maximum absolute atomic E-state index is 11.8. The number of rotatable bonds is 5. The molecule has 3 aliphatic heterocycles. The van der Waals surface area contributed by atoms with Crippen LogP contribution in [0.4, 0.5) is 5.82 Å². The van der Waals surface area contributed by atoms with Crippen LogP contribution in [0.5, 0.6) is 0 Å². The topological polar surface area (TPSA) is 54.5 Å². The van der Waals surface area contributed by atoms with Crippen molar-refractivity contribution in [1.82, 2.24) is 10.3 Å². The van der Waals surface area contributed by atoms with E-state index in [9.17, 15) is 4.79 Å². The minimum Gasteiger partial charge on any atom is -0.369 e. The number of aromatic nitrogens is 1. The van der Waals surface area contributed by atoms with Gasteiger partial charge >= 0.3 is 0 Å². The number of anilines is 1. The van der Waals surface area contributed by atoms with E-state index in [0.717, 1.165) is 38.3 Å². The lowest BCUT2D eigenvalue weighted by atomic mass is 9.73. The molecule has 2 bridgehead atoms. The molecule has 1 aromatic rings. The first-order valence-electron chi connectivity index (χ1n) is 8.41. The van der Waals surface area contributed by atoms with Crippen LogP contribution in [-0.2, 0) is 9.53 Å². The second-order valence-electron chi connectivity index (χ2n) is 6.98. The SMILES string of the molecule is CSCC(=O)NC[C@H]1[C@H]2CN(c3ccc(Cl)cn3)C[C@]23CC[C@H]1O3. The molecule has 24 heavy (non-hydrogen) atoms. The van der Waals surface area contributed by atoms with Crippen LogP contribution in [0.25, 0.3) is 0 Å². The van der Waals surface area contributed by atoms with Gasteiger partial charge in [0.25, 0.3) is 0 Å². The lowest BCUT2D eigenvalue weighted by molar-refractivity contribution is -0.118. The quantitative estimate of drug-likeness (QED) is 0.864. The van der Waals surface area contributed by atoms with Gasteiger partial charge in [0.1, 0.15) is 5.82 Å². The van der Waals surface area contributed by atoms with Crippen molar-refractivity contribution < 1.29 is 9.53 Å². The summed E-state index contributed by atoms with van der Waals surface area (Å²) in [6, 6.07) is 3.86. The van der Waals surface area contributed by atoms with Crippen molar-refractivity contribution >= 4 is 35.1 Å². The van der Waals surface area contributed by atoms with Gasteiger partial charge in [-0.25, -0.2) is 4.98 Å². The Balaban J connectivity index is 1.46. The number of hydrogen-bond donors (Lipinski definition) is 1. The normalized spacial score (nSPS) is 33.8. The Kier molecular flexibility index (Phi) is 4.39. The number of carbonyl (C=O) groups excluding carboxylic acids is 1. The van der Waals surface area contributed by atoms with Gasteiger partial charge in [-0.15, -0.1) is 0 Å². The number of ether oxygens (including phenoxy) is 1. The van der Waals surface area contributed by atoms with Crippen LogP contribution in [-0.4, -0.2) is 54.2 Å². The molecule has 1 amide bonds. The van der Waals surface area contributed by atoms with Crippen LogP contribution in [0.15, 0.2) is 18.3 Å². The predicted molar refractivity (Wildman–Crippen MR) is 96.7 cm³/mol. The van der Waals surface area contributed by atoms with Crippen molar-refractivity contribution in [3.8, 4) is 0 Å². The van der Waals surface area contributed by atoms with E-state index in [2.05, 4.69) is 15.2 Å². The van der Waals surface area contributed by atoms with Crippen LogP contribution in [0.1, 0.15) is 12.8 Å². The molecule has 0 aliphatic carbocycles. The summed E-state index contributed by atoms with van der Waals surface area (Å²) in [7, 11) is 0. The molecule has 130 valence electrons. The maximum Gasteiger partial charge on any atom is 0.229 e. The first kappa shape index (κ1) is 16.5. The highest BCUT2D eigenvalue weighted by molar-refractivity contribution is 7.99. The minimum atomic E-state index is -0.0547. The highest BCUT2D eigenvalue weighted by atomic mass is 35.5. The summed E-state index contributed by atoms with van der Waals surface area (Å²) in [5.74, 6) is 2.47. The third-order valence-corrected chi connectivity index (χ3v) is 6.40. The van der Waals surface area contributed by atoms with E-state index in [0.29, 0.717) is 28.7 Å². The van der Waals surface area contributed by atoms with Gasteiger partial charge in [0.15, 0.2) is 0 Å². The largest absolute Gasteiger partial charge is 0.369 e. The summed E-state index contributed by atoms with van der Waals surface area (Å²) in [6.45, 7) is 2.55. The van der Waals surface area contributed by atoms with E-state index >= 15 is 0 Å². The Hall–Kier alpha value is -0.980. The molecule has 1 N–H and O–H groups in total. The Morgan fingerprint density at radius 1 is 1.58 bits per heavy atom. The first-order valence-corrected chi connectivity index (χ1v) is 10.2. The standard InChI is InChI=1S/C17H22ClN3O2S/c1-24-9-16(22)20-7-12-13-8-21(15-3-2-11(18)6-19-15)10-17(13)5-4-14(12)23-17/h2-3,6,12-14H,4-5,7-10H2,1H3,(H,20,22)/t12-,13+,14+,17+/m0/s1. The van der Waals surface area contributed by atoms with E-state index in [1.807, 2.05) is 18.4 Å². The molecule has 3 aliphatic rings. The van der Waals surface area contributed by atoms with Crippen molar-refractivity contribution in [3.63, 3.8) is 0 Å². The molecule has 4 rings (SSSR count). The average molecular weight is 368 g/mol. The van der Waals surface area contributed by atoms with Crippen LogP contribution < -0.4 is 10.2 Å². The van der Waals surface area contributed by atoms with Crippen LogP contribution in [0.3, 0.4) is 0 Å². The second-order valence-corrected chi connectivity index (χ2v) is 8.28. The van der Waals surface area contributed by atoms with E-state index in [4.69, 9.17) is 16.3 Å². The minimum absolute atomic E-state index is 0.0547. The fourth-order valence-electron chi connectivity index (χ4n) is 4.61. The van der Waals surface area contributed by atoms with Crippen molar-refractivity contribution in [2.75, 3.05) is 36.5 Å². The molecule has 5 nitrogen and oxygen atoms in total. The molecular formula is C17H22ClN3O2S. The van der Waals surface area contributed by atoms with Gasteiger partial charge in [0.2, 0.25) is 5.91 Å². The molecule has 1 aromatic heterocycles. The van der Waals surface area contributed by atoms with E-state index < -0.39 is 0 Å². The van der Waals surface area contributed by atoms with Crippen molar-refractivity contribution in [1.29, 1.82) is 0 Å². The van der Waals surface area contributed by atoms with E-state index in [1.54, 1.807) is 18.0 Å². The van der Waals surface area contributed by atoms with Crippen molar-refractivity contribution in [3.05, 3.63) is 23.4 Å². The second kappa shape index (κ2) is 6.39. The Morgan fingerprint density at radius 2 is 2.46 bits per heavy atom. The maximum atomic E-state index is 11.8. The molecular weight excluding hydrogens is 346 g/mol. The van der Waals surface area contributed by atoms with Gasteiger partial charge in [-0.2, -0.15) is 11.8 Å². The Morgan fingerprint density at radius 3 is 3.21 bits per heavy atom. The van der Waals surface area contributed by atoms with Gasteiger partial charge in [0.05, 0.1) is 22.5 Å². The highest BCUT2D eigenvalue weighted by Gasteiger charge is 2.63. The average Bonchev–Trinajstić information content (AvgIpc) is 3.22. The summed E-state index contributed by atoms with van der Waals surface area (Å²) < 4.78 is 6.41. The molecule has 0 radical (unpaired) electrons. The Bertz CT molecular complexity index is 629. The van der Waals surface area contributed by atoms with Gasteiger partial charge in [0, 0.05) is 37.7 Å². The Labute approximate surface area is 151 Å². The number of pyridine rings is 1. The number of carbonyl (C=O) groups is 1. The van der Waals surface area contributed by atoms with Crippen LogP contribution >= 0.6 is 23.4 Å². The van der Waals surface area contributed by atoms with Crippen LogP contribution in [0, 0.1) is 11.8 Å². The molecule has 7 heteroatoms. The van der Waals surface area contributed by atoms with Gasteiger partial charge in [-0.3, -0.25) is 4.79 Å². The zero-order valence-electron chi connectivity index (χ0n) is 13.7. The fraction of sp³-hybridized carbons (Fsp3) is 0.647. The number of fused-ring (bicyclic) bond motifs is 1. The number of halogens is 1. The van der Waals surface area contributed by atoms with Crippen molar-refractivity contribution in [2.24, 2.45) is 11.8 Å². The molecule has 3 saturated heterocycles. The smallest absolute Gasteiger partial charge is 0.229 e. The number of nitrogens with one attached hydrogen (secondary N) is 1. The summed E-state index contributed by atoms with van der Waals surface area (Å²) >= 11 is 7.50. The van der Waals surface area contributed by atoms with E-state index in [1.165, 1.54) is 0 Å². The van der Waals surface area contributed by atoms with Gasteiger partial charge < -0.3 is 15.0 Å². The molecule has 3 fully saturated rings. The lowest BCUT2D eigenvalue weighted by Crippen LogP contribution is -2.42. The van der Waals surface area contributed by atoms with Gasteiger partial charge in [-0.1, -0.05) is 11.6 Å². The fourth-order valence-corrected chi connectivity index (χ4v) is 5.08. The molecule has 4 atom stereocenters. The van der Waals surface area contributed by atoms with Crippen molar-refractivity contribution in [2.45, 2.75) is 24.5 Å². The molecule has 0 unspecified atom stereocenters. The third kappa shape index (κ3) is 2.78. The summed E-state index contributed by atoms with van der Waals surface area (Å²) in [5.41, 5.74) is -0.0547. The number of amides is 1. The first-order chi connectivity index (χ1) is 11.6. The molecule has 4 heterocycles. The van der Waals surface area contributed by atoms with Crippen LogP contribution in [0.2, 0.25) is 5.02 Å². The lowest BCUT2D eigenvalue weighted by Gasteiger charge is -2.29. The number of thioether (sulfide) groups is 1. The van der Waals surface area contributed by atoms with Gasteiger partial charge in [-0.05, 0) is 31.2 Å². The molecule has 1 spiro atoms. The zero-order valence-corrected chi connectivity index (χ0v) is 15.3. The van der Waals surface area contributed by atoms with E-state index in [-0.39, 0.29) is 11.5 Å². The molecule has 0 saturated carbocycles. The zero-order chi connectivity index (χ0) is 16.7. The number of hydrogen-bond acceptors (Lipinski definition) is 5. The monoisotopic (exact) mass is 367 g/mol. The predicted octanol–water partition coefficient (Wildman–Crippen LogP) is 2.20. The molecule has 0 aromatic carbocycles. The number of nitrogens with zero attached hydrogens (tertiary/aromatic N) is 2. The highest BCUT2D eigenvalue weighted by Crippen LogP contribution is 2.55. The summed E-state index contributed by atoms with van der Waals surface area (Å²) in [4.78, 5) is 18.6.